The van der Waals surface area contributed by atoms with E-state index in [1.54, 1.807) is 0 Å². The Balaban J connectivity index is 3.55. The number of benzene rings is 1. The van der Waals surface area contributed by atoms with Crippen molar-refractivity contribution in [3.05, 3.63) is 17.7 Å². The Hall–Kier alpha value is -2.05. The smallest absolute Gasteiger partial charge is 0.402 e. The van der Waals surface area contributed by atoms with Gasteiger partial charge >= 0.3 is 19.1 Å². The quantitative estimate of drug-likeness (QED) is 0.795. The fourth-order valence-corrected chi connectivity index (χ4v) is 1.48. The zero-order valence-corrected chi connectivity index (χ0v) is 11.4. The van der Waals surface area contributed by atoms with E-state index in [0.29, 0.717) is 12.1 Å². The van der Waals surface area contributed by atoms with Gasteiger partial charge in [0.1, 0.15) is 0 Å². The number of nitrogens with two attached hydrogens (primary N) is 1. The summed E-state index contributed by atoms with van der Waals surface area (Å²) >= 11 is 0. The van der Waals surface area contributed by atoms with E-state index in [4.69, 9.17) is 5.73 Å². The normalized spacial score (nSPS) is 14.3. The Morgan fingerprint density at radius 1 is 0.750 bits per heavy atom. The van der Waals surface area contributed by atoms with E-state index in [9.17, 15) is 39.5 Å². The molecule has 13 heteroatoms. The maximum atomic E-state index is 12.3. The summed E-state index contributed by atoms with van der Waals surface area (Å²) in [6.07, 6.45) is -16.6. The molecular weight excluding hydrogens is 365 g/mol. The molecule has 0 fully saturated rings. The number of hydrogen-bond acceptors (Lipinski definition) is 4. The lowest BCUT2D eigenvalue weighted by molar-refractivity contribution is -0.293. The van der Waals surface area contributed by atoms with Gasteiger partial charge in [-0.3, -0.25) is 0 Å². The van der Waals surface area contributed by atoms with Crippen LogP contribution in [0.3, 0.4) is 0 Å². The highest BCUT2D eigenvalue weighted by Gasteiger charge is 2.41. The summed E-state index contributed by atoms with van der Waals surface area (Å²) in [7, 11) is 0. The molecule has 0 saturated carbocycles. The highest BCUT2D eigenvalue weighted by molar-refractivity contribution is 5.54. The highest BCUT2D eigenvalue weighted by atomic mass is 19.4. The first-order valence-electron chi connectivity index (χ1n) is 5.78. The Morgan fingerprint density at radius 2 is 1.08 bits per heavy atom. The zero-order valence-electron chi connectivity index (χ0n) is 11.4. The molecule has 138 valence electrons. The summed E-state index contributed by atoms with van der Waals surface area (Å²) in [5, 5.41) is 0. The van der Waals surface area contributed by atoms with Gasteiger partial charge in [0.25, 0.3) is 0 Å². The minimum absolute atomic E-state index is 0.364. The van der Waals surface area contributed by atoms with E-state index in [1.165, 1.54) is 0 Å². The van der Waals surface area contributed by atoms with Crippen LogP contribution in [0.15, 0.2) is 12.1 Å². The molecule has 0 aliphatic carbocycles. The molecule has 0 saturated heterocycles. The lowest BCUT2D eigenvalue weighted by Crippen LogP contribution is -2.24. The molecule has 0 amide bonds. The third kappa shape index (κ3) is 6.60. The number of halogens is 9. The fourth-order valence-electron chi connectivity index (χ4n) is 1.48. The number of alkyl halides is 9. The van der Waals surface area contributed by atoms with Gasteiger partial charge in [-0.25, -0.2) is 0 Å². The summed E-state index contributed by atoms with van der Waals surface area (Å²) in [5.41, 5.74) is 4.91. The average molecular weight is 373 g/mol. The summed E-state index contributed by atoms with van der Waals surface area (Å²) in [6.45, 7) is 1.16. The molecule has 1 unspecified atom stereocenters. The first-order chi connectivity index (χ1) is 10.6. The molecule has 1 atom stereocenters. The maximum absolute atomic E-state index is 12.3. The molecule has 1 aromatic carbocycles. The van der Waals surface area contributed by atoms with Gasteiger partial charge in [-0.05, 0) is 24.6 Å². The first-order valence-corrected chi connectivity index (χ1v) is 5.78. The van der Waals surface area contributed by atoms with Crippen LogP contribution >= 0.6 is 0 Å². The SMILES string of the molecule is CC(N)c1cc(OC(F)(F)F)c(OC(F)(F)F)c(OC(F)(F)F)c1. The van der Waals surface area contributed by atoms with E-state index in [2.05, 4.69) is 14.2 Å². The minimum atomic E-state index is -5.61. The van der Waals surface area contributed by atoms with Gasteiger partial charge in [0, 0.05) is 6.04 Å². The van der Waals surface area contributed by atoms with Gasteiger partial charge < -0.3 is 19.9 Å². The molecule has 0 heterocycles. The largest absolute Gasteiger partial charge is 0.573 e. The molecule has 24 heavy (non-hydrogen) atoms. The van der Waals surface area contributed by atoms with Gasteiger partial charge in [0.05, 0.1) is 0 Å². The van der Waals surface area contributed by atoms with Crippen LogP contribution in [-0.2, 0) is 0 Å². The third-order valence-electron chi connectivity index (χ3n) is 2.24. The van der Waals surface area contributed by atoms with Crippen LogP contribution in [-0.4, -0.2) is 19.1 Å². The van der Waals surface area contributed by atoms with Gasteiger partial charge in [0.2, 0.25) is 5.75 Å². The van der Waals surface area contributed by atoms with Crippen molar-refractivity contribution in [2.24, 2.45) is 5.73 Å². The molecule has 0 aliphatic heterocycles. The molecule has 4 nitrogen and oxygen atoms in total. The van der Waals surface area contributed by atoms with Crippen molar-refractivity contribution < 1.29 is 53.7 Å². The molecular formula is C11H8F9NO3. The van der Waals surface area contributed by atoms with Crippen molar-refractivity contribution >= 4 is 0 Å². The predicted octanol–water partition coefficient (Wildman–Crippen LogP) is 4.40. The van der Waals surface area contributed by atoms with Crippen LogP contribution in [0.1, 0.15) is 18.5 Å². The van der Waals surface area contributed by atoms with Gasteiger partial charge in [-0.1, -0.05) is 0 Å². The van der Waals surface area contributed by atoms with Crippen molar-refractivity contribution in [1.82, 2.24) is 0 Å². The monoisotopic (exact) mass is 373 g/mol. The fraction of sp³-hybridized carbons (Fsp3) is 0.455. The van der Waals surface area contributed by atoms with E-state index in [1.807, 2.05) is 0 Å². The van der Waals surface area contributed by atoms with Crippen LogP contribution in [0.2, 0.25) is 0 Å². The highest BCUT2D eigenvalue weighted by Crippen LogP contribution is 2.46. The number of rotatable bonds is 4. The second kappa shape index (κ2) is 6.45. The first kappa shape index (κ1) is 20.0. The topological polar surface area (TPSA) is 53.7 Å². The lowest BCUT2D eigenvalue weighted by Gasteiger charge is -2.21. The van der Waals surface area contributed by atoms with Crippen molar-refractivity contribution in [3.63, 3.8) is 0 Å². The van der Waals surface area contributed by atoms with Gasteiger partial charge in [-0.15, -0.1) is 39.5 Å². The second-order valence-corrected chi connectivity index (χ2v) is 4.28. The molecule has 0 aliphatic rings. The van der Waals surface area contributed by atoms with E-state index in [-0.39, 0.29) is 0 Å². The standard InChI is InChI=1S/C11H8F9NO3/c1-4(21)5-2-6(22-9(12,13)14)8(24-11(18,19)20)7(3-5)23-10(15,16)17/h2-4H,21H2,1H3. The van der Waals surface area contributed by atoms with Crippen LogP contribution in [0.25, 0.3) is 0 Å². The molecule has 0 spiro atoms. The zero-order chi connectivity index (χ0) is 18.9. The Morgan fingerprint density at radius 3 is 1.33 bits per heavy atom. The molecule has 1 aromatic rings. The molecule has 0 bridgehead atoms. The lowest BCUT2D eigenvalue weighted by atomic mass is 10.1. The Kier molecular flexibility index (Phi) is 5.38. The molecule has 0 aromatic heterocycles. The van der Waals surface area contributed by atoms with Crippen LogP contribution < -0.4 is 19.9 Å². The van der Waals surface area contributed by atoms with E-state index < -0.39 is 47.9 Å². The maximum Gasteiger partial charge on any atom is 0.573 e. The summed E-state index contributed by atoms with van der Waals surface area (Å²) in [4.78, 5) is 0. The third-order valence-corrected chi connectivity index (χ3v) is 2.24. The minimum Gasteiger partial charge on any atom is -0.402 e. The van der Waals surface area contributed by atoms with E-state index >= 15 is 0 Å². The van der Waals surface area contributed by atoms with Crippen LogP contribution in [0, 0.1) is 0 Å². The molecule has 0 radical (unpaired) electrons. The summed E-state index contributed by atoms with van der Waals surface area (Å²) in [5.74, 6) is -5.32. The van der Waals surface area contributed by atoms with Crippen molar-refractivity contribution in [2.45, 2.75) is 32.1 Å². The van der Waals surface area contributed by atoms with Crippen molar-refractivity contribution in [1.29, 1.82) is 0 Å². The average Bonchev–Trinajstić information content (AvgIpc) is 2.27. The van der Waals surface area contributed by atoms with Crippen molar-refractivity contribution in [3.8, 4) is 17.2 Å². The van der Waals surface area contributed by atoms with Crippen LogP contribution in [0.5, 0.6) is 17.2 Å². The molecule has 1 rings (SSSR count). The van der Waals surface area contributed by atoms with Gasteiger partial charge in [-0.2, -0.15) is 0 Å². The van der Waals surface area contributed by atoms with Crippen molar-refractivity contribution in [2.75, 3.05) is 0 Å². The summed E-state index contributed by atoms with van der Waals surface area (Å²) in [6, 6.07) is -0.415. The Labute approximate surface area is 127 Å². The van der Waals surface area contributed by atoms with E-state index in [0.717, 1.165) is 6.92 Å². The van der Waals surface area contributed by atoms with Gasteiger partial charge in [0.15, 0.2) is 11.5 Å². The Bertz CT molecular complexity index is 541. The number of hydrogen-bond donors (Lipinski definition) is 1. The number of ether oxygens (including phenoxy) is 3. The molecule has 2 N–H and O–H groups in total. The summed E-state index contributed by atoms with van der Waals surface area (Å²) < 4.78 is 121. The second-order valence-electron chi connectivity index (χ2n) is 4.28. The predicted molar refractivity (Wildman–Crippen MR) is 59.1 cm³/mol. The van der Waals surface area contributed by atoms with Crippen LogP contribution in [0.4, 0.5) is 39.5 Å².